The second-order valence-corrected chi connectivity index (χ2v) is 8.33. The van der Waals surface area contributed by atoms with Crippen molar-refractivity contribution in [3.05, 3.63) is 22.4 Å². The summed E-state index contributed by atoms with van der Waals surface area (Å²) in [6, 6.07) is 4.33. The quantitative estimate of drug-likeness (QED) is 0.822. The molecule has 1 aromatic heterocycles. The Balaban J connectivity index is 1.61. The van der Waals surface area contributed by atoms with Crippen molar-refractivity contribution in [2.75, 3.05) is 6.54 Å². The summed E-state index contributed by atoms with van der Waals surface area (Å²) in [5.41, 5.74) is 0. The summed E-state index contributed by atoms with van der Waals surface area (Å²) in [7, 11) is 0. The van der Waals surface area contributed by atoms with Gasteiger partial charge in [-0.25, -0.2) is 0 Å². The maximum absolute atomic E-state index is 3.58. The smallest absolute Gasteiger partial charge is 0.0300 e. The van der Waals surface area contributed by atoms with E-state index in [1.165, 1.54) is 30.6 Å². The third-order valence-electron chi connectivity index (χ3n) is 3.62. The van der Waals surface area contributed by atoms with Gasteiger partial charge in [0.15, 0.2) is 0 Å². The van der Waals surface area contributed by atoms with Gasteiger partial charge in [-0.1, -0.05) is 32.8 Å². The minimum Gasteiger partial charge on any atom is -0.311 e. The van der Waals surface area contributed by atoms with Crippen molar-refractivity contribution in [2.45, 2.75) is 56.6 Å². The summed E-state index contributed by atoms with van der Waals surface area (Å²) in [6.07, 6.45) is 5.75. The van der Waals surface area contributed by atoms with Gasteiger partial charge < -0.3 is 5.32 Å². The van der Waals surface area contributed by atoms with Gasteiger partial charge in [-0.05, 0) is 30.2 Å². The van der Waals surface area contributed by atoms with E-state index in [9.17, 15) is 0 Å². The van der Waals surface area contributed by atoms with Gasteiger partial charge in [0, 0.05) is 28.5 Å². The second kappa shape index (κ2) is 7.56. The Morgan fingerprint density at radius 1 is 1.50 bits per heavy atom. The van der Waals surface area contributed by atoms with Crippen molar-refractivity contribution in [3.63, 3.8) is 0 Å². The lowest BCUT2D eigenvalue weighted by molar-refractivity contribution is 0.393. The van der Waals surface area contributed by atoms with Crippen LogP contribution in [-0.2, 0) is 6.54 Å². The average molecular weight is 284 g/mol. The van der Waals surface area contributed by atoms with Crippen molar-refractivity contribution in [2.24, 2.45) is 5.92 Å². The number of hydrogen-bond donors (Lipinski definition) is 1. The van der Waals surface area contributed by atoms with Crippen molar-refractivity contribution >= 4 is 23.1 Å². The number of thioether (sulfide) groups is 1. The number of hydrogen-bond acceptors (Lipinski definition) is 3. The molecule has 0 aromatic carbocycles. The molecule has 1 aromatic rings. The van der Waals surface area contributed by atoms with E-state index in [0.29, 0.717) is 0 Å². The Labute approximate surface area is 120 Å². The van der Waals surface area contributed by atoms with Gasteiger partial charge in [0.1, 0.15) is 0 Å². The Kier molecular flexibility index (Phi) is 6.06. The Bertz CT molecular complexity index is 323. The molecule has 0 saturated heterocycles. The highest BCUT2D eigenvalue weighted by Crippen LogP contribution is 2.33. The van der Waals surface area contributed by atoms with E-state index in [1.807, 2.05) is 11.3 Å². The lowest BCUT2D eigenvalue weighted by Gasteiger charge is -2.28. The fourth-order valence-corrected chi connectivity index (χ4v) is 4.98. The molecule has 0 bridgehead atoms. The van der Waals surface area contributed by atoms with Gasteiger partial charge in [-0.2, -0.15) is 11.8 Å². The van der Waals surface area contributed by atoms with Gasteiger partial charge in [-0.3, -0.25) is 0 Å². The summed E-state index contributed by atoms with van der Waals surface area (Å²) >= 11 is 4.04. The van der Waals surface area contributed by atoms with E-state index in [2.05, 4.69) is 48.4 Å². The van der Waals surface area contributed by atoms with Crippen LogP contribution in [0.5, 0.6) is 0 Å². The molecule has 1 saturated carbocycles. The van der Waals surface area contributed by atoms with Crippen LogP contribution in [0.3, 0.4) is 0 Å². The van der Waals surface area contributed by atoms with E-state index in [1.54, 1.807) is 0 Å². The Morgan fingerprint density at radius 2 is 2.39 bits per heavy atom. The number of rotatable bonds is 6. The van der Waals surface area contributed by atoms with E-state index in [4.69, 9.17) is 0 Å². The molecule has 3 atom stereocenters. The second-order valence-electron chi connectivity index (χ2n) is 5.55. The molecule has 0 amide bonds. The van der Waals surface area contributed by atoms with Gasteiger partial charge in [0.05, 0.1) is 0 Å². The molecule has 1 N–H and O–H groups in total. The lowest BCUT2D eigenvalue weighted by Crippen LogP contribution is -2.25. The minimum atomic E-state index is 0.736. The highest BCUT2D eigenvalue weighted by molar-refractivity contribution is 8.00. The van der Waals surface area contributed by atoms with E-state index < -0.39 is 0 Å². The first-order valence-electron chi connectivity index (χ1n) is 7.12. The monoisotopic (exact) mass is 283 g/mol. The van der Waals surface area contributed by atoms with Crippen LogP contribution in [0.2, 0.25) is 0 Å². The van der Waals surface area contributed by atoms with Crippen LogP contribution in [0.25, 0.3) is 0 Å². The highest BCUT2D eigenvalue weighted by Gasteiger charge is 2.20. The molecule has 102 valence electrons. The zero-order chi connectivity index (χ0) is 12.8. The topological polar surface area (TPSA) is 12.0 Å². The van der Waals surface area contributed by atoms with Crippen LogP contribution in [0.15, 0.2) is 17.5 Å². The van der Waals surface area contributed by atoms with Crippen molar-refractivity contribution in [1.82, 2.24) is 5.32 Å². The third kappa shape index (κ3) is 4.94. The summed E-state index contributed by atoms with van der Waals surface area (Å²) in [4.78, 5) is 1.44. The van der Waals surface area contributed by atoms with Crippen LogP contribution in [0.1, 0.15) is 44.4 Å². The lowest BCUT2D eigenvalue weighted by atomic mass is 9.91. The first-order chi connectivity index (χ1) is 8.74. The van der Waals surface area contributed by atoms with Gasteiger partial charge in [0.25, 0.3) is 0 Å². The van der Waals surface area contributed by atoms with Crippen LogP contribution in [0.4, 0.5) is 0 Å². The van der Waals surface area contributed by atoms with Crippen LogP contribution < -0.4 is 5.32 Å². The SMILES string of the molecule is CC1CCCC(SC(C)CNCc2cccs2)C1. The molecule has 2 rings (SSSR count). The summed E-state index contributed by atoms with van der Waals surface area (Å²) in [6.45, 7) is 6.94. The van der Waals surface area contributed by atoms with E-state index in [0.717, 1.165) is 29.5 Å². The molecule has 1 heterocycles. The standard InChI is InChI=1S/C15H25NS2/c1-12-5-3-6-14(9-12)18-13(2)10-16-11-15-7-4-8-17-15/h4,7-8,12-14,16H,3,5-6,9-11H2,1-2H3. The fraction of sp³-hybridized carbons (Fsp3) is 0.733. The molecule has 18 heavy (non-hydrogen) atoms. The largest absolute Gasteiger partial charge is 0.311 e. The average Bonchev–Trinajstić information content (AvgIpc) is 2.82. The van der Waals surface area contributed by atoms with Crippen molar-refractivity contribution < 1.29 is 0 Å². The fourth-order valence-electron chi connectivity index (χ4n) is 2.69. The van der Waals surface area contributed by atoms with Crippen molar-refractivity contribution in [3.8, 4) is 0 Å². The molecule has 3 heteroatoms. The first kappa shape index (κ1) is 14.4. The molecule has 0 aliphatic heterocycles. The Hall–Kier alpha value is 0.01000. The molecule has 1 fully saturated rings. The van der Waals surface area contributed by atoms with Crippen LogP contribution in [0, 0.1) is 5.92 Å². The third-order valence-corrected chi connectivity index (χ3v) is 5.94. The maximum Gasteiger partial charge on any atom is 0.0300 e. The number of thiophene rings is 1. The minimum absolute atomic E-state index is 0.736. The summed E-state index contributed by atoms with van der Waals surface area (Å²) < 4.78 is 0. The molecular weight excluding hydrogens is 258 g/mol. The molecule has 0 radical (unpaired) electrons. The van der Waals surface area contributed by atoms with Gasteiger partial charge in [-0.15, -0.1) is 11.3 Å². The molecule has 1 aliphatic carbocycles. The molecule has 3 unspecified atom stereocenters. The molecule has 0 spiro atoms. The van der Waals surface area contributed by atoms with E-state index in [-0.39, 0.29) is 0 Å². The van der Waals surface area contributed by atoms with Crippen LogP contribution in [-0.4, -0.2) is 17.0 Å². The van der Waals surface area contributed by atoms with Gasteiger partial charge in [0.2, 0.25) is 0 Å². The normalized spacial score (nSPS) is 26.1. The predicted molar refractivity (Wildman–Crippen MR) is 84.5 cm³/mol. The number of nitrogens with one attached hydrogen (secondary N) is 1. The van der Waals surface area contributed by atoms with Crippen LogP contribution >= 0.6 is 23.1 Å². The van der Waals surface area contributed by atoms with Crippen molar-refractivity contribution in [1.29, 1.82) is 0 Å². The Morgan fingerprint density at radius 3 is 3.11 bits per heavy atom. The summed E-state index contributed by atoms with van der Waals surface area (Å²) in [5.74, 6) is 0.947. The molecular formula is C15H25NS2. The zero-order valence-electron chi connectivity index (χ0n) is 11.5. The maximum atomic E-state index is 3.58. The van der Waals surface area contributed by atoms with Gasteiger partial charge >= 0.3 is 0 Å². The molecule has 1 nitrogen and oxygen atoms in total. The predicted octanol–water partition coefficient (Wildman–Crippen LogP) is 4.54. The van der Waals surface area contributed by atoms with E-state index >= 15 is 0 Å². The first-order valence-corrected chi connectivity index (χ1v) is 8.95. The zero-order valence-corrected chi connectivity index (χ0v) is 13.2. The highest BCUT2D eigenvalue weighted by atomic mass is 32.2. The molecule has 1 aliphatic rings. The summed E-state index contributed by atoms with van der Waals surface area (Å²) in [5, 5.41) is 7.38.